The van der Waals surface area contributed by atoms with Crippen LogP contribution in [0.4, 0.5) is 0 Å². The van der Waals surface area contributed by atoms with Crippen LogP contribution in [0.3, 0.4) is 0 Å². The molecule has 0 aromatic heterocycles. The van der Waals surface area contributed by atoms with Crippen LogP contribution in [0.1, 0.15) is 40.5 Å². The fourth-order valence-corrected chi connectivity index (χ4v) is 1.20. The van der Waals surface area contributed by atoms with Crippen molar-refractivity contribution in [3.8, 4) is 0 Å². The first-order chi connectivity index (χ1) is 5.38. The topological polar surface area (TPSA) is 9.23 Å². The van der Waals surface area contributed by atoms with Gasteiger partial charge in [-0.25, -0.2) is 0 Å². The fourth-order valence-electron chi connectivity index (χ4n) is 0.932. The van der Waals surface area contributed by atoms with E-state index in [1.165, 1.54) is 6.42 Å². The molecule has 2 unspecified atom stereocenters. The van der Waals surface area contributed by atoms with Crippen LogP contribution in [0.15, 0.2) is 0 Å². The van der Waals surface area contributed by atoms with Gasteiger partial charge in [0.15, 0.2) is 0 Å². The number of hydrogen-bond donors (Lipinski definition) is 0. The second kappa shape index (κ2) is 5.23. The predicted octanol–water partition coefficient (Wildman–Crippen LogP) is 3.61. The first-order valence-corrected chi connectivity index (χ1v) is 5.46. The summed E-state index contributed by atoms with van der Waals surface area (Å²) in [6, 6.07) is 0. The summed E-state index contributed by atoms with van der Waals surface area (Å²) in [7, 11) is 1.77. The van der Waals surface area contributed by atoms with Crippen molar-refractivity contribution in [1.29, 1.82) is 0 Å². The smallest absolute Gasteiger partial charge is 0.0543 e. The minimum Gasteiger partial charge on any atom is -0.382 e. The molecule has 0 radical (unpaired) electrons. The summed E-state index contributed by atoms with van der Waals surface area (Å²) >= 11 is 3.70. The van der Waals surface area contributed by atoms with Crippen LogP contribution in [0, 0.1) is 5.41 Å². The Balaban J connectivity index is 3.64. The van der Waals surface area contributed by atoms with Gasteiger partial charge in [0.05, 0.1) is 6.10 Å². The summed E-state index contributed by atoms with van der Waals surface area (Å²) < 4.78 is 5.19. The van der Waals surface area contributed by atoms with Crippen molar-refractivity contribution in [3.05, 3.63) is 0 Å². The lowest BCUT2D eigenvalue weighted by Gasteiger charge is -2.26. The van der Waals surface area contributed by atoms with Crippen LogP contribution < -0.4 is 0 Å². The third-order valence-corrected chi connectivity index (χ3v) is 4.00. The second-order valence-electron chi connectivity index (χ2n) is 4.46. The second-order valence-corrected chi connectivity index (χ2v) is 5.56. The van der Waals surface area contributed by atoms with Gasteiger partial charge in [-0.05, 0) is 25.2 Å². The standard InChI is InChI=1S/C10H21BrO/c1-8(12-5)6-7-9(11)10(2,3)4/h8-9H,6-7H2,1-5H3. The fraction of sp³-hybridized carbons (Fsp3) is 1.00. The Bertz CT molecular complexity index is 117. The lowest BCUT2D eigenvalue weighted by atomic mass is 9.89. The molecule has 0 aliphatic rings. The maximum Gasteiger partial charge on any atom is 0.0543 e. The Labute approximate surface area is 85.0 Å². The zero-order chi connectivity index (χ0) is 9.78. The molecular weight excluding hydrogens is 216 g/mol. The van der Waals surface area contributed by atoms with Crippen molar-refractivity contribution >= 4 is 15.9 Å². The van der Waals surface area contributed by atoms with E-state index in [0.717, 1.165) is 6.42 Å². The van der Waals surface area contributed by atoms with Crippen LogP contribution in [-0.4, -0.2) is 18.0 Å². The molecule has 0 aliphatic carbocycles. The normalized spacial score (nSPS) is 17.5. The zero-order valence-electron chi connectivity index (χ0n) is 8.86. The van der Waals surface area contributed by atoms with Crippen molar-refractivity contribution in [2.75, 3.05) is 7.11 Å². The molecule has 1 nitrogen and oxygen atoms in total. The molecule has 0 fully saturated rings. The van der Waals surface area contributed by atoms with E-state index in [2.05, 4.69) is 43.6 Å². The third-order valence-electron chi connectivity index (χ3n) is 2.17. The molecule has 0 bridgehead atoms. The molecule has 0 heterocycles. The zero-order valence-corrected chi connectivity index (χ0v) is 10.4. The Hall–Kier alpha value is 0.440. The molecule has 0 rings (SSSR count). The van der Waals surface area contributed by atoms with Crippen molar-refractivity contribution in [2.45, 2.75) is 51.5 Å². The summed E-state index contributed by atoms with van der Waals surface area (Å²) in [5.41, 5.74) is 0.355. The Kier molecular flexibility index (Phi) is 5.42. The Morgan fingerprint density at radius 1 is 1.25 bits per heavy atom. The molecular formula is C10H21BrO. The maximum atomic E-state index is 5.19. The minimum atomic E-state index is 0.355. The predicted molar refractivity (Wildman–Crippen MR) is 57.9 cm³/mol. The number of rotatable bonds is 4. The van der Waals surface area contributed by atoms with E-state index in [-0.39, 0.29) is 0 Å². The summed E-state index contributed by atoms with van der Waals surface area (Å²) in [5.74, 6) is 0. The van der Waals surface area contributed by atoms with Crippen LogP contribution in [0.5, 0.6) is 0 Å². The third kappa shape index (κ3) is 5.15. The van der Waals surface area contributed by atoms with Gasteiger partial charge in [0, 0.05) is 11.9 Å². The van der Waals surface area contributed by atoms with Crippen LogP contribution in [0.2, 0.25) is 0 Å². The molecule has 0 N–H and O–H groups in total. The molecule has 12 heavy (non-hydrogen) atoms. The summed E-state index contributed by atoms with van der Waals surface area (Å²) in [4.78, 5) is 0.586. The SMILES string of the molecule is COC(C)CCC(Br)C(C)(C)C. The van der Waals surface area contributed by atoms with Crippen molar-refractivity contribution in [1.82, 2.24) is 0 Å². The lowest BCUT2D eigenvalue weighted by Crippen LogP contribution is -2.21. The van der Waals surface area contributed by atoms with Gasteiger partial charge in [0.1, 0.15) is 0 Å². The van der Waals surface area contributed by atoms with Crippen LogP contribution in [0.25, 0.3) is 0 Å². The monoisotopic (exact) mass is 236 g/mol. The van der Waals surface area contributed by atoms with Gasteiger partial charge in [0.2, 0.25) is 0 Å². The van der Waals surface area contributed by atoms with Gasteiger partial charge in [-0.3, -0.25) is 0 Å². The number of ether oxygens (including phenoxy) is 1. The summed E-state index contributed by atoms with van der Waals surface area (Å²) in [6.45, 7) is 8.88. The van der Waals surface area contributed by atoms with E-state index < -0.39 is 0 Å². The molecule has 0 aromatic carbocycles. The van der Waals surface area contributed by atoms with Gasteiger partial charge in [-0.1, -0.05) is 36.7 Å². The highest BCUT2D eigenvalue weighted by atomic mass is 79.9. The molecule has 0 aliphatic heterocycles. The van der Waals surface area contributed by atoms with E-state index in [1.54, 1.807) is 7.11 Å². The highest BCUT2D eigenvalue weighted by Crippen LogP contribution is 2.29. The number of methoxy groups -OCH3 is 1. The van der Waals surface area contributed by atoms with E-state index in [1.807, 2.05) is 0 Å². The van der Waals surface area contributed by atoms with Crippen LogP contribution >= 0.6 is 15.9 Å². The summed E-state index contributed by atoms with van der Waals surface area (Å²) in [6.07, 6.45) is 2.69. The summed E-state index contributed by atoms with van der Waals surface area (Å²) in [5, 5.41) is 0. The van der Waals surface area contributed by atoms with Gasteiger partial charge >= 0.3 is 0 Å². The van der Waals surface area contributed by atoms with Crippen molar-refractivity contribution in [3.63, 3.8) is 0 Å². The molecule has 0 saturated carbocycles. The molecule has 74 valence electrons. The maximum absolute atomic E-state index is 5.19. The lowest BCUT2D eigenvalue weighted by molar-refractivity contribution is 0.106. The number of hydrogen-bond acceptors (Lipinski definition) is 1. The average Bonchev–Trinajstić information content (AvgIpc) is 1.97. The Morgan fingerprint density at radius 2 is 1.75 bits per heavy atom. The van der Waals surface area contributed by atoms with Gasteiger partial charge in [-0.15, -0.1) is 0 Å². The molecule has 0 aromatic rings. The largest absolute Gasteiger partial charge is 0.382 e. The highest BCUT2D eigenvalue weighted by Gasteiger charge is 2.21. The highest BCUT2D eigenvalue weighted by molar-refractivity contribution is 9.09. The van der Waals surface area contributed by atoms with Crippen LogP contribution in [-0.2, 0) is 4.74 Å². The van der Waals surface area contributed by atoms with E-state index in [4.69, 9.17) is 4.74 Å². The molecule has 0 saturated heterocycles. The number of alkyl halides is 1. The first kappa shape index (κ1) is 12.4. The molecule has 0 spiro atoms. The van der Waals surface area contributed by atoms with Crippen molar-refractivity contribution < 1.29 is 4.74 Å². The van der Waals surface area contributed by atoms with E-state index in [0.29, 0.717) is 16.3 Å². The van der Waals surface area contributed by atoms with Gasteiger partial charge in [-0.2, -0.15) is 0 Å². The minimum absolute atomic E-state index is 0.355. The molecule has 0 amide bonds. The van der Waals surface area contributed by atoms with Gasteiger partial charge in [0.25, 0.3) is 0 Å². The Morgan fingerprint density at radius 3 is 2.08 bits per heavy atom. The van der Waals surface area contributed by atoms with E-state index >= 15 is 0 Å². The quantitative estimate of drug-likeness (QED) is 0.678. The van der Waals surface area contributed by atoms with E-state index in [9.17, 15) is 0 Å². The van der Waals surface area contributed by atoms with Crippen molar-refractivity contribution in [2.24, 2.45) is 5.41 Å². The van der Waals surface area contributed by atoms with Gasteiger partial charge < -0.3 is 4.74 Å². The number of halogens is 1. The first-order valence-electron chi connectivity index (χ1n) is 4.54. The molecule has 2 atom stereocenters. The average molecular weight is 237 g/mol. The molecule has 2 heteroatoms.